The lowest BCUT2D eigenvalue weighted by atomic mass is 10.2. The summed E-state index contributed by atoms with van der Waals surface area (Å²) < 4.78 is 0. The van der Waals surface area contributed by atoms with E-state index in [4.69, 9.17) is 17.4 Å². The third-order valence-electron chi connectivity index (χ3n) is 2.46. The molecule has 0 aliphatic rings. The predicted molar refractivity (Wildman–Crippen MR) is 75.8 cm³/mol. The van der Waals surface area contributed by atoms with E-state index in [0.717, 1.165) is 15.7 Å². The molecule has 0 aliphatic heterocycles. The number of tetrazole rings is 1. The van der Waals surface area contributed by atoms with Crippen molar-refractivity contribution < 1.29 is 0 Å². The first-order valence-electron chi connectivity index (χ1n) is 5.74. The van der Waals surface area contributed by atoms with Crippen LogP contribution in [0.1, 0.15) is 5.82 Å². The molecule has 1 aromatic heterocycles. The quantitative estimate of drug-likeness (QED) is 0.471. The second kappa shape index (κ2) is 6.85. The Bertz CT molecular complexity index is 531. The lowest BCUT2D eigenvalue weighted by Gasteiger charge is -2.13. The van der Waals surface area contributed by atoms with Crippen molar-refractivity contribution in [2.24, 2.45) is 12.9 Å². The highest BCUT2D eigenvalue weighted by Gasteiger charge is 2.12. The first kappa shape index (κ1) is 14.3. The number of aromatic nitrogens is 4. The third-order valence-corrected chi connectivity index (χ3v) is 3.85. The molecule has 1 unspecified atom stereocenters. The van der Waals surface area contributed by atoms with Gasteiger partial charge in [0, 0.05) is 28.1 Å². The second-order valence-corrected chi connectivity index (χ2v) is 5.56. The molecule has 0 amide bonds. The summed E-state index contributed by atoms with van der Waals surface area (Å²) in [6, 6.07) is 7.81. The van der Waals surface area contributed by atoms with E-state index < -0.39 is 0 Å². The number of rotatable bonds is 6. The Morgan fingerprint density at radius 1 is 1.53 bits per heavy atom. The van der Waals surface area contributed by atoms with Crippen molar-refractivity contribution in [3.8, 4) is 0 Å². The van der Waals surface area contributed by atoms with Gasteiger partial charge in [0.1, 0.15) is 0 Å². The largest absolute Gasteiger partial charge is 0.271 e. The van der Waals surface area contributed by atoms with Crippen LogP contribution in [-0.4, -0.2) is 32.0 Å². The van der Waals surface area contributed by atoms with Crippen LogP contribution in [0.15, 0.2) is 29.2 Å². The number of hydrogen-bond donors (Lipinski definition) is 2. The summed E-state index contributed by atoms with van der Waals surface area (Å²) in [6.07, 6.45) is 0.637. The van der Waals surface area contributed by atoms with Gasteiger partial charge in [-0.25, -0.2) is 0 Å². The Labute approximate surface area is 120 Å². The number of hydrazine groups is 1. The maximum absolute atomic E-state index is 5.94. The van der Waals surface area contributed by atoms with E-state index in [0.29, 0.717) is 12.2 Å². The Balaban J connectivity index is 1.89. The van der Waals surface area contributed by atoms with Gasteiger partial charge in [-0.1, -0.05) is 17.7 Å². The minimum Gasteiger partial charge on any atom is -0.271 e. The van der Waals surface area contributed by atoms with E-state index >= 15 is 0 Å². The zero-order chi connectivity index (χ0) is 13.7. The van der Waals surface area contributed by atoms with Crippen LogP contribution >= 0.6 is 23.4 Å². The molecule has 0 spiro atoms. The molecule has 1 heterocycles. The Morgan fingerprint density at radius 3 is 3.00 bits per heavy atom. The van der Waals surface area contributed by atoms with Gasteiger partial charge in [0.05, 0.1) is 7.05 Å². The average molecular weight is 299 g/mol. The highest BCUT2D eigenvalue weighted by molar-refractivity contribution is 7.99. The van der Waals surface area contributed by atoms with Gasteiger partial charge < -0.3 is 0 Å². The Morgan fingerprint density at radius 2 is 2.37 bits per heavy atom. The first-order valence-corrected chi connectivity index (χ1v) is 7.11. The SMILES string of the molecule is Cn1nnc(CC(CSc2cccc(Cl)c2)NN)n1. The summed E-state index contributed by atoms with van der Waals surface area (Å²) in [5.74, 6) is 7.03. The minimum atomic E-state index is 0.0770. The summed E-state index contributed by atoms with van der Waals surface area (Å²) in [7, 11) is 1.74. The number of benzene rings is 1. The number of halogens is 1. The molecule has 2 rings (SSSR count). The van der Waals surface area contributed by atoms with Crippen LogP contribution in [0.4, 0.5) is 0 Å². The highest BCUT2D eigenvalue weighted by atomic mass is 35.5. The molecule has 3 N–H and O–H groups in total. The third kappa shape index (κ3) is 4.46. The number of aryl methyl sites for hydroxylation is 1. The molecule has 0 aliphatic carbocycles. The van der Waals surface area contributed by atoms with Gasteiger partial charge in [0.15, 0.2) is 5.82 Å². The van der Waals surface area contributed by atoms with Crippen LogP contribution < -0.4 is 11.3 Å². The zero-order valence-corrected chi connectivity index (χ0v) is 12.0. The van der Waals surface area contributed by atoms with Crippen molar-refractivity contribution in [2.75, 3.05) is 5.75 Å². The molecule has 0 saturated heterocycles. The van der Waals surface area contributed by atoms with Gasteiger partial charge in [-0.3, -0.25) is 11.3 Å². The number of nitrogens with two attached hydrogens (primary N) is 1. The van der Waals surface area contributed by atoms with Crippen molar-refractivity contribution in [3.05, 3.63) is 35.1 Å². The average Bonchev–Trinajstić information content (AvgIpc) is 2.80. The Kier molecular flexibility index (Phi) is 5.15. The van der Waals surface area contributed by atoms with E-state index in [9.17, 15) is 0 Å². The second-order valence-electron chi connectivity index (χ2n) is 4.03. The Hall–Kier alpha value is -1.15. The summed E-state index contributed by atoms with van der Waals surface area (Å²) in [5, 5.41) is 12.6. The van der Waals surface area contributed by atoms with Gasteiger partial charge in [-0.2, -0.15) is 4.80 Å². The van der Waals surface area contributed by atoms with E-state index in [1.165, 1.54) is 4.80 Å². The molecule has 102 valence electrons. The van der Waals surface area contributed by atoms with Crippen molar-refractivity contribution in [2.45, 2.75) is 17.4 Å². The monoisotopic (exact) mass is 298 g/mol. The van der Waals surface area contributed by atoms with Crippen LogP contribution in [-0.2, 0) is 13.5 Å². The molecular formula is C11H15ClN6S. The molecular weight excluding hydrogens is 284 g/mol. The van der Waals surface area contributed by atoms with Crippen LogP contribution in [0.5, 0.6) is 0 Å². The minimum absolute atomic E-state index is 0.0770. The lowest BCUT2D eigenvalue weighted by Crippen LogP contribution is -2.39. The lowest BCUT2D eigenvalue weighted by molar-refractivity contribution is 0.558. The fourth-order valence-electron chi connectivity index (χ4n) is 1.54. The van der Waals surface area contributed by atoms with Crippen LogP contribution in [0.2, 0.25) is 5.02 Å². The van der Waals surface area contributed by atoms with Gasteiger partial charge in [-0.05, 0) is 23.4 Å². The fraction of sp³-hybridized carbons (Fsp3) is 0.364. The summed E-state index contributed by atoms with van der Waals surface area (Å²) in [6.45, 7) is 0. The topological polar surface area (TPSA) is 81.7 Å². The first-order chi connectivity index (χ1) is 9.17. The van der Waals surface area contributed by atoms with Gasteiger partial charge in [0.25, 0.3) is 0 Å². The number of thioether (sulfide) groups is 1. The molecule has 6 nitrogen and oxygen atoms in total. The molecule has 1 atom stereocenters. The standard InChI is InChI=1S/C11H15ClN6S/c1-18-16-11(15-17-18)6-9(14-13)7-19-10-4-2-3-8(12)5-10/h2-5,9,14H,6-7,13H2,1H3. The number of nitrogens with zero attached hydrogens (tertiary/aromatic N) is 4. The van der Waals surface area contributed by atoms with E-state index in [1.807, 2.05) is 24.3 Å². The van der Waals surface area contributed by atoms with Crippen LogP contribution in [0, 0.1) is 0 Å². The predicted octanol–water partition coefficient (Wildman–Crippen LogP) is 1.03. The normalized spacial score (nSPS) is 12.6. The molecule has 0 saturated carbocycles. The van der Waals surface area contributed by atoms with Crippen molar-refractivity contribution in [1.29, 1.82) is 0 Å². The maximum Gasteiger partial charge on any atom is 0.176 e. The van der Waals surface area contributed by atoms with E-state index in [-0.39, 0.29) is 6.04 Å². The van der Waals surface area contributed by atoms with Gasteiger partial charge in [-0.15, -0.1) is 22.0 Å². The smallest absolute Gasteiger partial charge is 0.176 e. The molecule has 0 radical (unpaired) electrons. The fourth-order valence-corrected chi connectivity index (χ4v) is 2.79. The molecule has 8 heteroatoms. The molecule has 2 aromatic rings. The summed E-state index contributed by atoms with van der Waals surface area (Å²) in [4.78, 5) is 2.55. The summed E-state index contributed by atoms with van der Waals surface area (Å²) in [5.41, 5.74) is 2.77. The number of hydrogen-bond acceptors (Lipinski definition) is 6. The van der Waals surface area contributed by atoms with Gasteiger partial charge >= 0.3 is 0 Å². The van der Waals surface area contributed by atoms with Crippen LogP contribution in [0.3, 0.4) is 0 Å². The van der Waals surface area contributed by atoms with Crippen molar-refractivity contribution in [3.63, 3.8) is 0 Å². The molecule has 0 fully saturated rings. The molecule has 19 heavy (non-hydrogen) atoms. The molecule has 0 bridgehead atoms. The van der Waals surface area contributed by atoms with Crippen LogP contribution in [0.25, 0.3) is 0 Å². The zero-order valence-electron chi connectivity index (χ0n) is 10.5. The van der Waals surface area contributed by atoms with Crippen molar-refractivity contribution in [1.82, 2.24) is 25.6 Å². The van der Waals surface area contributed by atoms with Gasteiger partial charge in [0.2, 0.25) is 0 Å². The highest BCUT2D eigenvalue weighted by Crippen LogP contribution is 2.22. The van der Waals surface area contributed by atoms with E-state index in [1.54, 1.807) is 18.8 Å². The number of nitrogens with one attached hydrogen (secondary N) is 1. The molecule has 1 aromatic carbocycles. The maximum atomic E-state index is 5.94. The van der Waals surface area contributed by atoms with Crippen molar-refractivity contribution >= 4 is 23.4 Å². The van der Waals surface area contributed by atoms with E-state index in [2.05, 4.69) is 20.8 Å². The summed E-state index contributed by atoms with van der Waals surface area (Å²) >= 11 is 7.63.